The second-order valence-corrected chi connectivity index (χ2v) is 8.42. The number of halogens is 2. The summed E-state index contributed by atoms with van der Waals surface area (Å²) in [5.74, 6) is -0.817. The predicted octanol–water partition coefficient (Wildman–Crippen LogP) is 5.32. The molecule has 1 aliphatic rings. The average Bonchev–Trinajstić information content (AvgIpc) is 3.27. The molecule has 0 aliphatic carbocycles. The number of carbonyl (C=O) groups is 1. The van der Waals surface area contributed by atoms with E-state index in [-0.39, 0.29) is 29.9 Å². The first kappa shape index (κ1) is 21.2. The van der Waals surface area contributed by atoms with Crippen LogP contribution in [0.25, 0.3) is 10.9 Å². The average molecular weight is 446 g/mol. The largest absolute Gasteiger partial charge is 0.366 e. The highest BCUT2D eigenvalue weighted by molar-refractivity contribution is 5.86. The van der Waals surface area contributed by atoms with Crippen molar-refractivity contribution in [2.75, 3.05) is 31.1 Å². The lowest BCUT2D eigenvalue weighted by molar-refractivity contribution is -0.131. The van der Waals surface area contributed by atoms with Gasteiger partial charge in [0, 0.05) is 55.6 Å². The molecule has 6 heteroatoms. The van der Waals surface area contributed by atoms with Gasteiger partial charge in [0.2, 0.25) is 5.91 Å². The number of piperazine rings is 1. The van der Waals surface area contributed by atoms with Gasteiger partial charge in [0.15, 0.2) is 0 Å². The molecule has 1 saturated heterocycles. The van der Waals surface area contributed by atoms with Crippen molar-refractivity contribution in [3.63, 3.8) is 0 Å². The van der Waals surface area contributed by atoms with Crippen molar-refractivity contribution < 1.29 is 13.6 Å². The standard InChI is InChI=1S/C27H25F2N3O/c28-20-7-5-6-19(16-20)22(23-18-30-25-10-3-1-8-21(23)25)17-27(33)32-14-12-31(13-15-32)26-11-4-2-9-24(26)29/h1-11,16,18,22,30H,12-15,17H2. The van der Waals surface area contributed by atoms with Crippen LogP contribution in [0.5, 0.6) is 0 Å². The van der Waals surface area contributed by atoms with Crippen molar-refractivity contribution >= 4 is 22.5 Å². The molecule has 0 saturated carbocycles. The third kappa shape index (κ3) is 4.33. The number of carbonyl (C=O) groups excluding carboxylic acids is 1. The third-order valence-corrected chi connectivity index (χ3v) is 6.45. The number of nitrogens with one attached hydrogen (secondary N) is 1. The molecule has 1 aromatic heterocycles. The molecule has 168 valence electrons. The number of rotatable bonds is 5. The lowest BCUT2D eigenvalue weighted by Gasteiger charge is -2.36. The number of aromatic nitrogens is 1. The number of aromatic amines is 1. The topological polar surface area (TPSA) is 39.3 Å². The SMILES string of the molecule is O=C(CC(c1cccc(F)c1)c1c[nH]c2ccccc12)N1CCN(c2ccccc2F)CC1. The van der Waals surface area contributed by atoms with Crippen molar-refractivity contribution in [1.29, 1.82) is 0 Å². The van der Waals surface area contributed by atoms with Crippen molar-refractivity contribution in [2.24, 2.45) is 0 Å². The van der Waals surface area contributed by atoms with Gasteiger partial charge in [-0.2, -0.15) is 0 Å². The molecule has 1 amide bonds. The summed E-state index contributed by atoms with van der Waals surface area (Å²) in [4.78, 5) is 20.4. The molecule has 1 aliphatic heterocycles. The van der Waals surface area contributed by atoms with Gasteiger partial charge in [-0.25, -0.2) is 8.78 Å². The van der Waals surface area contributed by atoms with E-state index in [2.05, 4.69) is 4.98 Å². The molecule has 0 spiro atoms. The monoisotopic (exact) mass is 445 g/mol. The predicted molar refractivity (Wildman–Crippen MR) is 126 cm³/mol. The van der Waals surface area contributed by atoms with Crippen LogP contribution in [0.1, 0.15) is 23.5 Å². The maximum Gasteiger partial charge on any atom is 0.223 e. The Kier molecular flexibility index (Phi) is 5.82. The van der Waals surface area contributed by atoms with E-state index in [0.717, 1.165) is 22.0 Å². The third-order valence-electron chi connectivity index (χ3n) is 6.45. The van der Waals surface area contributed by atoms with E-state index in [0.29, 0.717) is 31.9 Å². The summed E-state index contributed by atoms with van der Waals surface area (Å²) >= 11 is 0. The molecule has 0 radical (unpaired) electrons. The smallest absolute Gasteiger partial charge is 0.223 e. The fourth-order valence-electron chi connectivity index (χ4n) is 4.72. The van der Waals surface area contributed by atoms with Gasteiger partial charge in [-0.3, -0.25) is 4.79 Å². The fraction of sp³-hybridized carbons (Fsp3) is 0.222. The summed E-state index contributed by atoms with van der Waals surface area (Å²) in [7, 11) is 0. The van der Waals surface area contributed by atoms with Gasteiger partial charge in [0.1, 0.15) is 11.6 Å². The number of hydrogen-bond donors (Lipinski definition) is 1. The highest BCUT2D eigenvalue weighted by Crippen LogP contribution is 2.34. The molecular formula is C27H25F2N3O. The number of benzene rings is 3. The molecule has 4 nitrogen and oxygen atoms in total. The highest BCUT2D eigenvalue weighted by Gasteiger charge is 2.27. The molecular weight excluding hydrogens is 420 g/mol. The van der Waals surface area contributed by atoms with Gasteiger partial charge < -0.3 is 14.8 Å². The molecule has 33 heavy (non-hydrogen) atoms. The van der Waals surface area contributed by atoms with Gasteiger partial charge in [0.25, 0.3) is 0 Å². The zero-order valence-electron chi connectivity index (χ0n) is 18.2. The van der Waals surface area contributed by atoms with Crippen molar-refractivity contribution in [3.8, 4) is 0 Å². The van der Waals surface area contributed by atoms with Crippen LogP contribution in [-0.4, -0.2) is 42.0 Å². The number of nitrogens with zero attached hydrogens (tertiary/aromatic N) is 2. The molecule has 1 N–H and O–H groups in total. The molecule has 1 atom stereocenters. The van der Waals surface area contributed by atoms with Crippen molar-refractivity contribution in [2.45, 2.75) is 12.3 Å². The van der Waals surface area contributed by atoms with Crippen LogP contribution >= 0.6 is 0 Å². The minimum Gasteiger partial charge on any atom is -0.366 e. The van der Waals surface area contributed by atoms with E-state index in [9.17, 15) is 13.6 Å². The van der Waals surface area contributed by atoms with Crippen LogP contribution in [-0.2, 0) is 4.79 Å². The highest BCUT2D eigenvalue weighted by atomic mass is 19.1. The zero-order chi connectivity index (χ0) is 22.8. The Bertz CT molecular complexity index is 1280. The van der Waals surface area contributed by atoms with Gasteiger partial charge in [0.05, 0.1) is 5.69 Å². The van der Waals surface area contributed by atoms with Gasteiger partial charge in [-0.15, -0.1) is 0 Å². The number of H-pyrrole nitrogens is 1. The second kappa shape index (κ2) is 9.06. The molecule has 3 aromatic carbocycles. The Labute approximate surface area is 191 Å². The molecule has 2 heterocycles. The van der Waals surface area contributed by atoms with Crippen LogP contribution < -0.4 is 4.90 Å². The fourth-order valence-corrected chi connectivity index (χ4v) is 4.72. The van der Waals surface area contributed by atoms with E-state index in [1.165, 1.54) is 18.2 Å². The second-order valence-electron chi connectivity index (χ2n) is 8.42. The van der Waals surface area contributed by atoms with Gasteiger partial charge in [-0.1, -0.05) is 42.5 Å². The molecule has 0 bridgehead atoms. The van der Waals surface area contributed by atoms with Crippen molar-refractivity contribution in [3.05, 3.63) is 102 Å². The molecule has 1 unspecified atom stereocenters. The van der Waals surface area contributed by atoms with E-state index < -0.39 is 0 Å². The molecule has 5 rings (SSSR count). The van der Waals surface area contributed by atoms with Crippen molar-refractivity contribution in [1.82, 2.24) is 9.88 Å². The quantitative estimate of drug-likeness (QED) is 0.452. The van der Waals surface area contributed by atoms with Gasteiger partial charge in [-0.05, 0) is 41.5 Å². The van der Waals surface area contributed by atoms with Crippen LogP contribution in [0, 0.1) is 11.6 Å². The normalized spacial score (nSPS) is 15.1. The lowest BCUT2D eigenvalue weighted by Crippen LogP contribution is -2.49. The maximum atomic E-state index is 14.2. The Morgan fingerprint density at radius 1 is 0.909 bits per heavy atom. The summed E-state index contributed by atoms with van der Waals surface area (Å²) < 4.78 is 28.2. The minimum atomic E-state index is -0.316. The van der Waals surface area contributed by atoms with E-state index in [4.69, 9.17) is 0 Å². The van der Waals surface area contributed by atoms with E-state index in [1.807, 2.05) is 52.4 Å². The first-order chi connectivity index (χ1) is 16.1. The first-order valence-corrected chi connectivity index (χ1v) is 11.2. The molecule has 4 aromatic rings. The number of hydrogen-bond acceptors (Lipinski definition) is 2. The van der Waals surface area contributed by atoms with E-state index in [1.54, 1.807) is 18.2 Å². The summed E-state index contributed by atoms with van der Waals surface area (Å²) in [6.45, 7) is 2.20. The summed E-state index contributed by atoms with van der Waals surface area (Å²) in [5.41, 5.74) is 3.31. The Morgan fingerprint density at radius 3 is 2.45 bits per heavy atom. The zero-order valence-corrected chi connectivity index (χ0v) is 18.2. The number of amides is 1. The summed E-state index contributed by atoms with van der Waals surface area (Å²) in [5, 5.41) is 1.03. The summed E-state index contributed by atoms with van der Waals surface area (Å²) in [6, 6.07) is 21.1. The number of anilines is 1. The van der Waals surface area contributed by atoms with Crippen LogP contribution in [0.3, 0.4) is 0 Å². The lowest BCUT2D eigenvalue weighted by atomic mass is 9.87. The molecule has 1 fully saturated rings. The van der Waals surface area contributed by atoms with Crippen LogP contribution in [0.15, 0.2) is 79.0 Å². The van der Waals surface area contributed by atoms with Crippen LogP contribution in [0.2, 0.25) is 0 Å². The number of fused-ring (bicyclic) bond motifs is 1. The Balaban J connectivity index is 1.36. The van der Waals surface area contributed by atoms with Gasteiger partial charge >= 0.3 is 0 Å². The Hall–Kier alpha value is -3.67. The number of para-hydroxylation sites is 2. The first-order valence-electron chi connectivity index (χ1n) is 11.2. The Morgan fingerprint density at radius 2 is 1.67 bits per heavy atom. The van der Waals surface area contributed by atoms with Crippen LogP contribution in [0.4, 0.5) is 14.5 Å². The van der Waals surface area contributed by atoms with E-state index >= 15 is 0 Å². The maximum absolute atomic E-state index is 14.2. The minimum absolute atomic E-state index is 0.0164. The summed E-state index contributed by atoms with van der Waals surface area (Å²) in [6.07, 6.45) is 2.16.